The predicted octanol–water partition coefficient (Wildman–Crippen LogP) is 1.45. The maximum Gasteiger partial charge on any atom is 0.318 e. The summed E-state index contributed by atoms with van der Waals surface area (Å²) in [5, 5.41) is 2.70. The van der Waals surface area contributed by atoms with Gasteiger partial charge in [-0.15, -0.1) is 6.42 Å². The molecule has 14 heavy (non-hydrogen) atoms. The van der Waals surface area contributed by atoms with Gasteiger partial charge in [-0.3, -0.25) is 0 Å². The third kappa shape index (κ3) is 2.66. The van der Waals surface area contributed by atoms with Crippen LogP contribution in [0.15, 0.2) is 0 Å². The molecule has 1 aliphatic rings. The van der Waals surface area contributed by atoms with Gasteiger partial charge >= 0.3 is 6.03 Å². The molecule has 0 spiro atoms. The van der Waals surface area contributed by atoms with Crippen LogP contribution in [-0.4, -0.2) is 30.1 Å². The molecule has 3 nitrogen and oxygen atoms in total. The van der Waals surface area contributed by atoms with Crippen LogP contribution in [0.5, 0.6) is 0 Å². The smallest absolute Gasteiger partial charge is 0.318 e. The van der Waals surface area contributed by atoms with Crippen molar-refractivity contribution in [3.8, 4) is 12.3 Å². The lowest BCUT2D eigenvalue weighted by Crippen LogP contribution is -2.49. The minimum absolute atomic E-state index is 0.0259. The van der Waals surface area contributed by atoms with Gasteiger partial charge in [0.15, 0.2) is 0 Å². The van der Waals surface area contributed by atoms with Crippen LogP contribution in [0.2, 0.25) is 0 Å². The van der Waals surface area contributed by atoms with Gasteiger partial charge in [-0.2, -0.15) is 0 Å². The minimum atomic E-state index is -0.0259. The molecule has 2 amide bonds. The van der Waals surface area contributed by atoms with Crippen molar-refractivity contribution in [1.82, 2.24) is 10.2 Å². The number of terminal acetylenes is 1. The first-order valence-electron chi connectivity index (χ1n) is 5.13. The fourth-order valence-corrected chi connectivity index (χ4v) is 1.80. The monoisotopic (exact) mass is 194 g/mol. The first-order valence-corrected chi connectivity index (χ1v) is 5.13. The summed E-state index contributed by atoms with van der Waals surface area (Å²) < 4.78 is 0. The van der Waals surface area contributed by atoms with Gasteiger partial charge in [-0.1, -0.05) is 12.8 Å². The lowest BCUT2D eigenvalue weighted by atomic mass is 9.95. The van der Waals surface area contributed by atoms with Crippen molar-refractivity contribution in [1.29, 1.82) is 0 Å². The predicted molar refractivity (Wildman–Crippen MR) is 56.8 cm³/mol. The number of amides is 2. The number of urea groups is 1. The van der Waals surface area contributed by atoms with E-state index in [9.17, 15) is 4.79 Å². The van der Waals surface area contributed by atoms with Crippen molar-refractivity contribution in [3.63, 3.8) is 0 Å². The van der Waals surface area contributed by atoms with Crippen molar-refractivity contribution in [2.24, 2.45) is 5.92 Å². The fraction of sp³-hybridized carbons (Fsp3) is 0.727. The van der Waals surface area contributed by atoms with Crippen LogP contribution in [0.1, 0.15) is 26.7 Å². The van der Waals surface area contributed by atoms with Crippen LogP contribution < -0.4 is 5.32 Å². The van der Waals surface area contributed by atoms with Gasteiger partial charge < -0.3 is 10.2 Å². The van der Waals surface area contributed by atoms with E-state index in [1.54, 1.807) is 0 Å². The maximum absolute atomic E-state index is 11.6. The topological polar surface area (TPSA) is 32.3 Å². The van der Waals surface area contributed by atoms with Crippen LogP contribution >= 0.6 is 0 Å². The summed E-state index contributed by atoms with van der Waals surface area (Å²) in [7, 11) is 0. The highest BCUT2D eigenvalue weighted by atomic mass is 16.2. The van der Waals surface area contributed by atoms with E-state index in [1.807, 2.05) is 4.90 Å². The molecule has 0 aromatic rings. The Morgan fingerprint density at radius 3 is 2.93 bits per heavy atom. The minimum Gasteiger partial charge on any atom is -0.327 e. The second-order valence-electron chi connectivity index (χ2n) is 4.05. The van der Waals surface area contributed by atoms with Crippen LogP contribution in [0.3, 0.4) is 0 Å². The Balaban J connectivity index is 2.48. The average molecular weight is 194 g/mol. The van der Waals surface area contributed by atoms with Crippen molar-refractivity contribution in [2.75, 3.05) is 13.1 Å². The molecule has 1 heterocycles. The van der Waals surface area contributed by atoms with Gasteiger partial charge in [-0.05, 0) is 25.7 Å². The summed E-state index contributed by atoms with van der Waals surface area (Å²) >= 11 is 0. The molecular weight excluding hydrogens is 176 g/mol. The Morgan fingerprint density at radius 1 is 1.57 bits per heavy atom. The zero-order chi connectivity index (χ0) is 10.6. The number of nitrogens with zero attached hydrogens (tertiary/aromatic N) is 1. The Kier molecular flexibility index (Phi) is 3.82. The first-order chi connectivity index (χ1) is 6.65. The molecule has 0 aliphatic carbocycles. The number of nitrogens with one attached hydrogen (secondary N) is 1. The third-order valence-corrected chi connectivity index (χ3v) is 2.72. The Morgan fingerprint density at radius 2 is 2.29 bits per heavy atom. The van der Waals surface area contributed by atoms with Crippen LogP contribution in [0.25, 0.3) is 0 Å². The molecule has 78 valence electrons. The number of hydrogen-bond acceptors (Lipinski definition) is 1. The molecule has 0 aromatic carbocycles. The van der Waals surface area contributed by atoms with Crippen molar-refractivity contribution < 1.29 is 4.79 Å². The second kappa shape index (κ2) is 4.90. The van der Waals surface area contributed by atoms with Gasteiger partial charge in [0.25, 0.3) is 0 Å². The molecule has 1 aliphatic heterocycles. The molecular formula is C11H18N2O. The van der Waals surface area contributed by atoms with E-state index in [-0.39, 0.29) is 6.03 Å². The third-order valence-electron chi connectivity index (χ3n) is 2.72. The number of likely N-dealkylation sites (tertiary alicyclic amines) is 1. The quantitative estimate of drug-likeness (QED) is 0.630. The molecule has 0 radical (unpaired) electrons. The number of hydrogen-bond donors (Lipinski definition) is 1. The second-order valence-corrected chi connectivity index (χ2v) is 4.05. The zero-order valence-electron chi connectivity index (χ0n) is 8.92. The van der Waals surface area contributed by atoms with Gasteiger partial charge in [0.1, 0.15) is 0 Å². The van der Waals surface area contributed by atoms with Gasteiger partial charge in [0.2, 0.25) is 0 Å². The summed E-state index contributed by atoms with van der Waals surface area (Å²) in [4.78, 5) is 13.5. The molecule has 2 atom stereocenters. The molecule has 3 heteroatoms. The zero-order valence-corrected chi connectivity index (χ0v) is 8.92. The Labute approximate surface area is 85.9 Å². The maximum atomic E-state index is 11.6. The average Bonchev–Trinajstić information content (AvgIpc) is 2.18. The largest absolute Gasteiger partial charge is 0.327 e. The van der Waals surface area contributed by atoms with Gasteiger partial charge in [0, 0.05) is 12.6 Å². The first kappa shape index (κ1) is 10.9. The van der Waals surface area contributed by atoms with Gasteiger partial charge in [-0.25, -0.2) is 4.79 Å². The van der Waals surface area contributed by atoms with Gasteiger partial charge in [0.05, 0.1) is 6.54 Å². The van der Waals surface area contributed by atoms with Crippen molar-refractivity contribution >= 4 is 6.03 Å². The summed E-state index contributed by atoms with van der Waals surface area (Å²) in [5.74, 6) is 3.00. The molecule has 1 rings (SSSR count). The number of piperidine rings is 1. The van der Waals surface area contributed by atoms with E-state index in [1.165, 1.54) is 6.42 Å². The summed E-state index contributed by atoms with van der Waals surface area (Å²) in [5.41, 5.74) is 0. The summed E-state index contributed by atoms with van der Waals surface area (Å²) in [6, 6.07) is 0.311. The fourth-order valence-electron chi connectivity index (χ4n) is 1.80. The lowest BCUT2D eigenvalue weighted by molar-refractivity contribution is 0.137. The van der Waals surface area contributed by atoms with Crippen LogP contribution in [-0.2, 0) is 0 Å². The van der Waals surface area contributed by atoms with Crippen LogP contribution in [0, 0.1) is 18.3 Å². The van der Waals surface area contributed by atoms with Crippen molar-refractivity contribution in [2.45, 2.75) is 32.7 Å². The Bertz CT molecular complexity index is 244. The molecule has 1 fully saturated rings. The lowest BCUT2D eigenvalue weighted by Gasteiger charge is -2.36. The summed E-state index contributed by atoms with van der Waals surface area (Å²) in [6.45, 7) is 5.42. The Hall–Kier alpha value is -1.17. The van der Waals surface area contributed by atoms with Crippen LogP contribution in [0.4, 0.5) is 4.79 Å². The number of carbonyl (C=O) groups is 1. The highest BCUT2D eigenvalue weighted by Crippen LogP contribution is 2.20. The van der Waals surface area contributed by atoms with Crippen molar-refractivity contribution in [3.05, 3.63) is 0 Å². The van der Waals surface area contributed by atoms with E-state index >= 15 is 0 Å². The highest BCUT2D eigenvalue weighted by Gasteiger charge is 2.26. The molecule has 0 bridgehead atoms. The molecule has 0 aromatic heterocycles. The van der Waals surface area contributed by atoms with E-state index in [2.05, 4.69) is 25.1 Å². The van der Waals surface area contributed by atoms with E-state index < -0.39 is 0 Å². The molecule has 0 unspecified atom stereocenters. The van der Waals surface area contributed by atoms with E-state index in [4.69, 9.17) is 6.42 Å². The summed E-state index contributed by atoms with van der Waals surface area (Å²) in [6.07, 6.45) is 7.38. The van der Waals surface area contributed by atoms with E-state index in [0.29, 0.717) is 18.5 Å². The number of carbonyl (C=O) groups excluding carboxylic acids is 1. The molecule has 1 N–H and O–H groups in total. The molecule has 1 saturated heterocycles. The normalized spacial score (nSPS) is 26.8. The standard InChI is InChI=1S/C11H18N2O/c1-4-7-12-11(14)13-8-9(2)5-6-10(13)3/h1,9-10H,5-8H2,2-3H3,(H,12,14)/t9-,10+/m0/s1. The molecule has 0 saturated carbocycles. The number of rotatable bonds is 1. The van der Waals surface area contributed by atoms with E-state index in [0.717, 1.165) is 13.0 Å². The highest BCUT2D eigenvalue weighted by molar-refractivity contribution is 5.74. The SMILES string of the molecule is C#CCNC(=O)N1C[C@@H](C)CC[C@H]1C.